The van der Waals surface area contributed by atoms with Crippen molar-refractivity contribution in [2.75, 3.05) is 18.4 Å². The number of nitrogens with zero attached hydrogens (tertiary/aromatic N) is 1. The zero-order valence-electron chi connectivity index (χ0n) is 14.6. The van der Waals surface area contributed by atoms with Crippen LogP contribution in [0.4, 0.5) is 19.3 Å². The lowest BCUT2D eigenvalue weighted by molar-refractivity contribution is 0.150. The van der Waals surface area contributed by atoms with Crippen molar-refractivity contribution in [3.05, 3.63) is 29.8 Å². The lowest BCUT2D eigenvalue weighted by atomic mass is 9.79. The molecule has 2 saturated heterocycles. The number of piperidine rings is 1. The van der Waals surface area contributed by atoms with Crippen LogP contribution in [0.25, 0.3) is 0 Å². The number of amides is 2. The average molecular weight is 362 g/mol. The van der Waals surface area contributed by atoms with Crippen LogP contribution in [-0.4, -0.2) is 36.1 Å². The molecule has 2 heterocycles. The maximum Gasteiger partial charge on any atom is 0.321 e. The third-order valence-electron chi connectivity index (χ3n) is 7.06. The van der Waals surface area contributed by atoms with E-state index >= 15 is 0 Å². The molecule has 0 aromatic heterocycles. The SMILES string of the molecule is O=C(Nc1ccc(F)c(F)c1)N1CCC2NNC(C34CCCC3C4)C2C1. The second kappa shape index (κ2) is 5.89. The number of anilines is 1. The van der Waals surface area contributed by atoms with Gasteiger partial charge >= 0.3 is 6.03 Å². The van der Waals surface area contributed by atoms with E-state index < -0.39 is 11.6 Å². The molecule has 2 aliphatic heterocycles. The highest BCUT2D eigenvalue weighted by atomic mass is 19.2. The molecule has 5 atom stereocenters. The van der Waals surface area contributed by atoms with Gasteiger partial charge in [0, 0.05) is 42.8 Å². The van der Waals surface area contributed by atoms with Gasteiger partial charge in [0.1, 0.15) is 0 Å². The van der Waals surface area contributed by atoms with Gasteiger partial charge in [0.2, 0.25) is 0 Å². The molecule has 2 saturated carbocycles. The molecule has 2 amide bonds. The molecule has 5 unspecified atom stereocenters. The van der Waals surface area contributed by atoms with Gasteiger partial charge in [0.05, 0.1) is 0 Å². The fraction of sp³-hybridized carbons (Fsp3) is 0.632. The number of halogens is 2. The van der Waals surface area contributed by atoms with E-state index in [1.54, 1.807) is 0 Å². The standard InChI is InChI=1S/C19H24F2N4O/c20-14-4-3-12(8-15(14)21)22-18(26)25-7-5-16-13(10-25)17(24-23-16)19-6-1-2-11(19)9-19/h3-4,8,11,13,16-17,23-24H,1-2,5-7,9-10H2,(H,22,26). The molecule has 1 aromatic carbocycles. The van der Waals surface area contributed by atoms with Gasteiger partial charge in [-0.3, -0.25) is 10.9 Å². The number of rotatable bonds is 2. The summed E-state index contributed by atoms with van der Waals surface area (Å²) in [5.74, 6) is -0.607. The van der Waals surface area contributed by atoms with E-state index in [4.69, 9.17) is 0 Å². The van der Waals surface area contributed by atoms with Gasteiger partial charge in [-0.05, 0) is 49.1 Å². The summed E-state index contributed by atoms with van der Waals surface area (Å²) in [5, 5.41) is 2.70. The molecule has 5 rings (SSSR count). The number of carbonyl (C=O) groups is 1. The Morgan fingerprint density at radius 3 is 2.85 bits per heavy atom. The quantitative estimate of drug-likeness (QED) is 0.758. The number of nitrogens with one attached hydrogen (secondary N) is 3. The van der Waals surface area contributed by atoms with Gasteiger partial charge in [-0.25, -0.2) is 13.6 Å². The van der Waals surface area contributed by atoms with Gasteiger partial charge in [0.15, 0.2) is 11.6 Å². The van der Waals surface area contributed by atoms with Crippen LogP contribution in [0, 0.1) is 28.9 Å². The molecule has 5 nitrogen and oxygen atoms in total. The fourth-order valence-corrected chi connectivity index (χ4v) is 5.64. The number of hydrogen-bond donors (Lipinski definition) is 3. The number of urea groups is 1. The normalized spacial score (nSPS) is 38.0. The third kappa shape index (κ3) is 2.52. The smallest absolute Gasteiger partial charge is 0.321 e. The lowest BCUT2D eigenvalue weighted by Crippen LogP contribution is -2.51. The summed E-state index contributed by atoms with van der Waals surface area (Å²) >= 11 is 0. The zero-order valence-corrected chi connectivity index (χ0v) is 14.6. The predicted molar refractivity (Wildman–Crippen MR) is 93.3 cm³/mol. The summed E-state index contributed by atoms with van der Waals surface area (Å²) in [5.41, 5.74) is 7.73. The van der Waals surface area contributed by atoms with E-state index in [1.165, 1.54) is 31.7 Å². The van der Waals surface area contributed by atoms with Crippen molar-refractivity contribution < 1.29 is 13.6 Å². The topological polar surface area (TPSA) is 56.4 Å². The number of hydrazine groups is 1. The Bertz CT molecular complexity index is 744. The van der Waals surface area contributed by atoms with Crippen LogP contribution in [0.15, 0.2) is 18.2 Å². The van der Waals surface area contributed by atoms with E-state index in [2.05, 4.69) is 16.2 Å². The average Bonchev–Trinajstić information content (AvgIpc) is 3.00. The van der Waals surface area contributed by atoms with Crippen LogP contribution in [0.3, 0.4) is 0 Å². The Kier molecular flexibility index (Phi) is 3.72. The van der Waals surface area contributed by atoms with Crippen molar-refractivity contribution in [3.8, 4) is 0 Å². The third-order valence-corrected chi connectivity index (χ3v) is 7.06. The minimum absolute atomic E-state index is 0.239. The van der Waals surface area contributed by atoms with Gasteiger partial charge in [-0.1, -0.05) is 6.42 Å². The molecule has 0 spiro atoms. The number of carbonyl (C=O) groups excluding carboxylic acids is 1. The van der Waals surface area contributed by atoms with Crippen molar-refractivity contribution in [3.63, 3.8) is 0 Å². The van der Waals surface area contributed by atoms with E-state index in [0.717, 1.165) is 24.5 Å². The zero-order chi connectivity index (χ0) is 17.9. The molecule has 3 N–H and O–H groups in total. The first-order chi connectivity index (χ1) is 12.6. The maximum atomic E-state index is 13.4. The number of hydrogen-bond acceptors (Lipinski definition) is 3. The summed E-state index contributed by atoms with van der Waals surface area (Å²) in [6.45, 7) is 1.35. The largest absolute Gasteiger partial charge is 0.324 e. The van der Waals surface area contributed by atoms with Crippen LogP contribution < -0.4 is 16.2 Å². The molecule has 2 aliphatic carbocycles. The minimum atomic E-state index is -0.953. The second-order valence-corrected chi connectivity index (χ2v) is 8.36. The van der Waals surface area contributed by atoms with Crippen molar-refractivity contribution in [1.82, 2.24) is 15.8 Å². The summed E-state index contributed by atoms with van der Waals surface area (Å²) < 4.78 is 26.4. The molecule has 26 heavy (non-hydrogen) atoms. The summed E-state index contributed by atoms with van der Waals surface area (Å²) in [6.07, 6.45) is 6.18. The summed E-state index contributed by atoms with van der Waals surface area (Å²) in [6, 6.07) is 4.04. The predicted octanol–water partition coefficient (Wildman–Crippen LogP) is 2.85. The molecule has 140 valence electrons. The van der Waals surface area contributed by atoms with Gasteiger partial charge in [-0.15, -0.1) is 0 Å². The lowest BCUT2D eigenvalue weighted by Gasteiger charge is -2.38. The fourth-order valence-electron chi connectivity index (χ4n) is 5.64. The van der Waals surface area contributed by atoms with Gasteiger partial charge < -0.3 is 10.2 Å². The Hall–Kier alpha value is -1.73. The molecular formula is C19H24F2N4O. The maximum absolute atomic E-state index is 13.4. The summed E-state index contributed by atoms with van der Waals surface area (Å²) in [4.78, 5) is 14.4. The Balaban J connectivity index is 1.27. The Morgan fingerprint density at radius 1 is 1.23 bits per heavy atom. The minimum Gasteiger partial charge on any atom is -0.324 e. The Labute approximate surface area is 151 Å². The highest BCUT2D eigenvalue weighted by molar-refractivity contribution is 5.89. The molecular weight excluding hydrogens is 338 g/mol. The van der Waals surface area contributed by atoms with Crippen LogP contribution in [0.2, 0.25) is 0 Å². The first kappa shape index (κ1) is 16.4. The van der Waals surface area contributed by atoms with Crippen molar-refractivity contribution in [1.29, 1.82) is 0 Å². The van der Waals surface area contributed by atoms with Crippen LogP contribution in [-0.2, 0) is 0 Å². The molecule has 1 aromatic rings. The highest BCUT2D eigenvalue weighted by Gasteiger charge is 2.64. The van der Waals surface area contributed by atoms with Crippen LogP contribution in [0.5, 0.6) is 0 Å². The highest BCUT2D eigenvalue weighted by Crippen LogP contribution is 2.67. The van der Waals surface area contributed by atoms with Gasteiger partial charge in [-0.2, -0.15) is 0 Å². The Morgan fingerprint density at radius 2 is 2.12 bits per heavy atom. The van der Waals surface area contributed by atoms with E-state index in [9.17, 15) is 13.6 Å². The van der Waals surface area contributed by atoms with E-state index in [-0.39, 0.29) is 11.7 Å². The van der Waals surface area contributed by atoms with Crippen molar-refractivity contribution in [2.24, 2.45) is 17.3 Å². The number of benzene rings is 1. The van der Waals surface area contributed by atoms with Crippen LogP contribution in [0.1, 0.15) is 32.1 Å². The van der Waals surface area contributed by atoms with Crippen LogP contribution >= 0.6 is 0 Å². The molecule has 0 bridgehead atoms. The van der Waals surface area contributed by atoms with E-state index in [0.29, 0.717) is 36.5 Å². The molecule has 4 aliphatic rings. The first-order valence-electron chi connectivity index (χ1n) is 9.59. The molecule has 4 fully saturated rings. The monoisotopic (exact) mass is 362 g/mol. The van der Waals surface area contributed by atoms with Crippen molar-refractivity contribution >= 4 is 11.7 Å². The first-order valence-corrected chi connectivity index (χ1v) is 9.59. The van der Waals surface area contributed by atoms with E-state index in [1.807, 2.05) is 4.90 Å². The number of fused-ring (bicyclic) bond motifs is 2. The molecule has 7 heteroatoms. The second-order valence-electron chi connectivity index (χ2n) is 8.36. The van der Waals surface area contributed by atoms with Gasteiger partial charge in [0.25, 0.3) is 0 Å². The molecule has 0 radical (unpaired) electrons. The van der Waals surface area contributed by atoms with Crippen molar-refractivity contribution in [2.45, 2.75) is 44.2 Å². The summed E-state index contributed by atoms with van der Waals surface area (Å²) in [7, 11) is 0. The number of likely N-dealkylation sites (tertiary alicyclic amines) is 1.